The number of likely N-dealkylation sites (tertiary alicyclic amines) is 1. The van der Waals surface area contributed by atoms with Crippen LogP contribution in [0.15, 0.2) is 30.3 Å². The lowest BCUT2D eigenvalue weighted by atomic mass is 10.0. The molecular formula is C15H23N3O. The van der Waals surface area contributed by atoms with Gasteiger partial charge in [0.05, 0.1) is 0 Å². The van der Waals surface area contributed by atoms with Gasteiger partial charge in [-0.15, -0.1) is 0 Å². The molecule has 1 aromatic carbocycles. The second-order valence-corrected chi connectivity index (χ2v) is 5.44. The summed E-state index contributed by atoms with van der Waals surface area (Å²) in [6.45, 7) is 2.97. The van der Waals surface area contributed by atoms with Crippen LogP contribution in [0.5, 0.6) is 0 Å². The van der Waals surface area contributed by atoms with Crippen molar-refractivity contribution in [1.82, 2.24) is 10.2 Å². The third kappa shape index (κ3) is 4.33. The molecule has 4 heteroatoms. The minimum atomic E-state index is -0.215. The zero-order chi connectivity index (χ0) is 13.7. The van der Waals surface area contributed by atoms with Gasteiger partial charge in [-0.1, -0.05) is 30.3 Å². The molecular weight excluding hydrogens is 238 g/mol. The number of nitrogens with two attached hydrogens (primary N) is 1. The Morgan fingerprint density at radius 3 is 2.84 bits per heavy atom. The molecule has 1 aliphatic rings. The summed E-state index contributed by atoms with van der Waals surface area (Å²) in [6.07, 6.45) is 1.52. The maximum absolute atomic E-state index is 11.9. The number of hydrogen-bond donors (Lipinski definition) is 2. The van der Waals surface area contributed by atoms with Crippen LogP contribution in [0.4, 0.5) is 0 Å². The van der Waals surface area contributed by atoms with Crippen LogP contribution in [-0.4, -0.2) is 37.5 Å². The monoisotopic (exact) mass is 261 g/mol. The summed E-state index contributed by atoms with van der Waals surface area (Å²) in [5.41, 5.74) is 7.04. The predicted octanol–water partition coefficient (Wildman–Crippen LogP) is 1.14. The molecule has 0 spiro atoms. The van der Waals surface area contributed by atoms with Crippen molar-refractivity contribution in [1.29, 1.82) is 0 Å². The van der Waals surface area contributed by atoms with Gasteiger partial charge in [0.15, 0.2) is 0 Å². The number of nitrogens with one attached hydrogen (secondary N) is 1. The zero-order valence-corrected chi connectivity index (χ0v) is 11.5. The molecule has 1 heterocycles. The molecule has 3 N–H and O–H groups in total. The number of amides is 1. The highest BCUT2D eigenvalue weighted by atomic mass is 16.1. The molecule has 2 unspecified atom stereocenters. The Labute approximate surface area is 115 Å². The van der Waals surface area contributed by atoms with Gasteiger partial charge in [0.25, 0.3) is 0 Å². The van der Waals surface area contributed by atoms with Gasteiger partial charge < -0.3 is 16.0 Å². The molecule has 19 heavy (non-hydrogen) atoms. The Morgan fingerprint density at radius 2 is 2.21 bits per heavy atom. The first kappa shape index (κ1) is 14.0. The Morgan fingerprint density at radius 1 is 1.47 bits per heavy atom. The fourth-order valence-electron chi connectivity index (χ4n) is 2.54. The first-order valence-electron chi connectivity index (χ1n) is 6.91. The largest absolute Gasteiger partial charge is 0.356 e. The summed E-state index contributed by atoms with van der Waals surface area (Å²) < 4.78 is 0. The van der Waals surface area contributed by atoms with Gasteiger partial charge in [-0.3, -0.25) is 4.79 Å². The molecule has 0 aromatic heterocycles. The third-order valence-corrected chi connectivity index (χ3v) is 3.71. The summed E-state index contributed by atoms with van der Waals surface area (Å²) in [7, 11) is 2.12. The average Bonchev–Trinajstić information content (AvgIpc) is 2.83. The van der Waals surface area contributed by atoms with Crippen molar-refractivity contribution in [2.75, 3.05) is 26.7 Å². The van der Waals surface area contributed by atoms with Crippen molar-refractivity contribution in [2.24, 2.45) is 11.7 Å². The molecule has 0 saturated carbocycles. The number of hydrogen-bond acceptors (Lipinski definition) is 3. The lowest BCUT2D eigenvalue weighted by Gasteiger charge is -2.14. The first-order chi connectivity index (χ1) is 9.15. The van der Waals surface area contributed by atoms with Gasteiger partial charge in [0.1, 0.15) is 0 Å². The van der Waals surface area contributed by atoms with E-state index < -0.39 is 0 Å². The third-order valence-electron chi connectivity index (χ3n) is 3.71. The maximum Gasteiger partial charge on any atom is 0.221 e. The van der Waals surface area contributed by atoms with Gasteiger partial charge >= 0.3 is 0 Å². The summed E-state index contributed by atoms with van der Waals surface area (Å²) in [4.78, 5) is 14.2. The van der Waals surface area contributed by atoms with E-state index in [-0.39, 0.29) is 11.9 Å². The molecule has 1 aliphatic heterocycles. The van der Waals surface area contributed by atoms with Gasteiger partial charge in [-0.25, -0.2) is 0 Å². The van der Waals surface area contributed by atoms with Gasteiger partial charge in [0, 0.05) is 25.6 Å². The first-order valence-corrected chi connectivity index (χ1v) is 6.91. The molecule has 2 rings (SSSR count). The Hall–Kier alpha value is -1.39. The number of rotatable bonds is 5. The fraction of sp³-hybridized carbons (Fsp3) is 0.533. The summed E-state index contributed by atoms with van der Waals surface area (Å²) >= 11 is 0. The van der Waals surface area contributed by atoms with E-state index in [2.05, 4.69) is 17.3 Å². The lowest BCUT2D eigenvalue weighted by Crippen LogP contribution is -2.32. The van der Waals surface area contributed by atoms with Crippen LogP contribution >= 0.6 is 0 Å². The Kier molecular flexibility index (Phi) is 4.93. The minimum Gasteiger partial charge on any atom is -0.356 e. The van der Waals surface area contributed by atoms with Crippen molar-refractivity contribution in [3.05, 3.63) is 35.9 Å². The van der Waals surface area contributed by atoms with Crippen molar-refractivity contribution in [2.45, 2.75) is 18.9 Å². The fourth-order valence-corrected chi connectivity index (χ4v) is 2.54. The highest BCUT2D eigenvalue weighted by molar-refractivity contribution is 5.76. The smallest absolute Gasteiger partial charge is 0.221 e. The topological polar surface area (TPSA) is 58.4 Å². The van der Waals surface area contributed by atoms with Crippen molar-refractivity contribution < 1.29 is 4.79 Å². The number of carbonyl (C=O) groups is 1. The van der Waals surface area contributed by atoms with Crippen LogP contribution in [0.3, 0.4) is 0 Å². The number of carbonyl (C=O) groups excluding carboxylic acids is 1. The Balaban J connectivity index is 1.72. The normalized spacial score (nSPS) is 21.3. The van der Waals surface area contributed by atoms with Crippen LogP contribution in [0.1, 0.15) is 24.4 Å². The second-order valence-electron chi connectivity index (χ2n) is 5.44. The second kappa shape index (κ2) is 6.68. The molecule has 1 amide bonds. The highest BCUT2D eigenvalue weighted by Crippen LogP contribution is 2.15. The van der Waals surface area contributed by atoms with E-state index in [1.807, 2.05) is 30.3 Å². The van der Waals surface area contributed by atoms with Crippen LogP contribution in [0.2, 0.25) is 0 Å². The molecule has 104 valence electrons. The molecule has 1 fully saturated rings. The highest BCUT2D eigenvalue weighted by Gasteiger charge is 2.20. The molecule has 0 radical (unpaired) electrons. The van der Waals surface area contributed by atoms with Crippen LogP contribution in [0.25, 0.3) is 0 Å². The SMILES string of the molecule is CN1CCC(CNC(=O)CC(N)c2ccccc2)C1. The number of nitrogens with zero attached hydrogens (tertiary/aromatic N) is 1. The summed E-state index contributed by atoms with van der Waals surface area (Å²) in [5.74, 6) is 0.632. The van der Waals surface area contributed by atoms with Crippen molar-refractivity contribution in [3.8, 4) is 0 Å². The maximum atomic E-state index is 11.9. The standard InChI is InChI=1S/C15H23N3O/c1-18-8-7-12(11-18)10-17-15(19)9-14(16)13-5-3-2-4-6-13/h2-6,12,14H,7-11,16H2,1H3,(H,17,19). The summed E-state index contributed by atoms with van der Waals surface area (Å²) in [6, 6.07) is 9.55. The average molecular weight is 261 g/mol. The van der Waals surface area contributed by atoms with Gasteiger partial charge in [0.2, 0.25) is 5.91 Å². The van der Waals surface area contributed by atoms with Crippen LogP contribution in [0, 0.1) is 5.92 Å². The molecule has 0 aliphatic carbocycles. The number of benzene rings is 1. The van der Waals surface area contributed by atoms with E-state index in [9.17, 15) is 4.79 Å². The summed E-state index contributed by atoms with van der Waals surface area (Å²) in [5, 5.41) is 3.00. The van der Waals surface area contributed by atoms with Gasteiger partial charge in [-0.2, -0.15) is 0 Å². The lowest BCUT2D eigenvalue weighted by molar-refractivity contribution is -0.121. The quantitative estimate of drug-likeness (QED) is 0.836. The van der Waals surface area contributed by atoms with Crippen LogP contribution < -0.4 is 11.1 Å². The van der Waals surface area contributed by atoms with E-state index in [0.717, 1.165) is 25.2 Å². The zero-order valence-electron chi connectivity index (χ0n) is 11.5. The molecule has 0 bridgehead atoms. The molecule has 1 saturated heterocycles. The van der Waals surface area contributed by atoms with Crippen molar-refractivity contribution in [3.63, 3.8) is 0 Å². The van der Waals surface area contributed by atoms with E-state index in [1.54, 1.807) is 0 Å². The molecule has 1 aromatic rings. The van der Waals surface area contributed by atoms with Crippen molar-refractivity contribution >= 4 is 5.91 Å². The van der Waals surface area contributed by atoms with Gasteiger partial charge in [-0.05, 0) is 31.5 Å². The molecule has 4 nitrogen and oxygen atoms in total. The predicted molar refractivity (Wildman–Crippen MR) is 76.6 cm³/mol. The van der Waals surface area contributed by atoms with E-state index in [1.165, 1.54) is 6.42 Å². The van der Waals surface area contributed by atoms with E-state index in [4.69, 9.17) is 5.73 Å². The minimum absolute atomic E-state index is 0.0471. The Bertz CT molecular complexity index is 407. The van der Waals surface area contributed by atoms with E-state index >= 15 is 0 Å². The van der Waals surface area contributed by atoms with Crippen LogP contribution in [-0.2, 0) is 4.79 Å². The molecule has 2 atom stereocenters. The van der Waals surface area contributed by atoms with E-state index in [0.29, 0.717) is 12.3 Å².